The standard InChI is InChI=1S/C15H19N3O6/c1-10-2-4-12(9-20)24-17(10)13-5-3-11(8-14(13)18(22)23)15(21)16-6-7-19/h2-5,8,10,12,19-20H,6-7,9H2,1H3,(H,16,21). The summed E-state index contributed by atoms with van der Waals surface area (Å²) < 4.78 is 0. The molecule has 1 heterocycles. The Morgan fingerprint density at radius 2 is 2.17 bits per heavy atom. The van der Waals surface area contributed by atoms with Crippen molar-refractivity contribution in [3.05, 3.63) is 46.0 Å². The number of carbonyl (C=O) groups is 1. The number of hydrogen-bond acceptors (Lipinski definition) is 7. The van der Waals surface area contributed by atoms with E-state index in [0.29, 0.717) is 0 Å². The number of hydrogen-bond donors (Lipinski definition) is 3. The number of anilines is 1. The monoisotopic (exact) mass is 337 g/mol. The molecule has 1 amide bonds. The molecule has 2 rings (SSSR count). The highest BCUT2D eigenvalue weighted by atomic mass is 16.7. The average Bonchev–Trinajstić information content (AvgIpc) is 2.59. The smallest absolute Gasteiger partial charge is 0.295 e. The molecule has 0 aliphatic carbocycles. The molecule has 0 fully saturated rings. The lowest BCUT2D eigenvalue weighted by Crippen LogP contribution is -2.40. The first-order valence-corrected chi connectivity index (χ1v) is 7.40. The predicted octanol–water partition coefficient (Wildman–Crippen LogP) is 0.374. The molecule has 1 aliphatic heterocycles. The van der Waals surface area contributed by atoms with Crippen LogP contribution < -0.4 is 10.4 Å². The lowest BCUT2D eigenvalue weighted by Gasteiger charge is -2.33. The Kier molecular flexibility index (Phi) is 5.85. The van der Waals surface area contributed by atoms with Crippen LogP contribution in [0.25, 0.3) is 0 Å². The van der Waals surface area contributed by atoms with Gasteiger partial charge in [0, 0.05) is 18.2 Å². The topological polar surface area (TPSA) is 125 Å². The lowest BCUT2D eigenvalue weighted by molar-refractivity contribution is -0.384. The first kappa shape index (κ1) is 17.9. The first-order chi connectivity index (χ1) is 11.5. The molecule has 0 bridgehead atoms. The van der Waals surface area contributed by atoms with Gasteiger partial charge in [0.05, 0.1) is 24.2 Å². The van der Waals surface area contributed by atoms with Crippen LogP contribution in [0.2, 0.25) is 0 Å². The zero-order chi connectivity index (χ0) is 17.7. The lowest BCUT2D eigenvalue weighted by atomic mass is 10.1. The van der Waals surface area contributed by atoms with Crippen molar-refractivity contribution in [3.63, 3.8) is 0 Å². The summed E-state index contributed by atoms with van der Waals surface area (Å²) >= 11 is 0. The number of nitrogens with one attached hydrogen (secondary N) is 1. The van der Waals surface area contributed by atoms with E-state index in [1.165, 1.54) is 17.2 Å². The molecule has 9 heteroatoms. The van der Waals surface area contributed by atoms with Gasteiger partial charge in [-0.3, -0.25) is 19.7 Å². The Labute approximate surface area is 138 Å². The van der Waals surface area contributed by atoms with Crippen LogP contribution in [-0.4, -0.2) is 52.9 Å². The van der Waals surface area contributed by atoms with E-state index in [-0.39, 0.29) is 42.7 Å². The quantitative estimate of drug-likeness (QED) is 0.389. The van der Waals surface area contributed by atoms with Gasteiger partial charge in [-0.1, -0.05) is 12.2 Å². The summed E-state index contributed by atoms with van der Waals surface area (Å²) in [7, 11) is 0. The second-order valence-electron chi connectivity index (χ2n) is 5.22. The number of nitro benzene ring substituents is 1. The molecule has 0 saturated heterocycles. The molecule has 24 heavy (non-hydrogen) atoms. The van der Waals surface area contributed by atoms with Gasteiger partial charge < -0.3 is 15.5 Å². The van der Waals surface area contributed by atoms with Gasteiger partial charge in [0.25, 0.3) is 11.6 Å². The van der Waals surface area contributed by atoms with E-state index in [4.69, 9.17) is 9.94 Å². The van der Waals surface area contributed by atoms with Crippen molar-refractivity contribution in [1.82, 2.24) is 5.32 Å². The van der Waals surface area contributed by atoms with E-state index in [1.54, 1.807) is 19.1 Å². The molecule has 1 aliphatic rings. The molecule has 0 radical (unpaired) electrons. The maximum Gasteiger partial charge on any atom is 0.295 e. The van der Waals surface area contributed by atoms with Gasteiger partial charge in [-0.15, -0.1) is 0 Å². The van der Waals surface area contributed by atoms with Gasteiger partial charge in [-0.2, -0.15) is 0 Å². The van der Waals surface area contributed by atoms with Crippen LogP contribution in [0.4, 0.5) is 11.4 Å². The van der Waals surface area contributed by atoms with Gasteiger partial charge in [0.1, 0.15) is 11.8 Å². The summed E-state index contributed by atoms with van der Waals surface area (Å²) in [6.07, 6.45) is 2.87. The number of rotatable bonds is 6. The molecule has 0 saturated carbocycles. The Bertz CT molecular complexity index is 648. The number of aliphatic hydroxyl groups excluding tert-OH is 2. The Morgan fingerprint density at radius 1 is 1.42 bits per heavy atom. The molecule has 0 aromatic heterocycles. The van der Waals surface area contributed by atoms with Crippen LogP contribution in [0.3, 0.4) is 0 Å². The van der Waals surface area contributed by atoms with Crippen LogP contribution >= 0.6 is 0 Å². The second kappa shape index (κ2) is 7.86. The summed E-state index contributed by atoms with van der Waals surface area (Å²) in [4.78, 5) is 28.2. The van der Waals surface area contributed by atoms with Crippen LogP contribution in [0.5, 0.6) is 0 Å². The van der Waals surface area contributed by atoms with E-state index in [0.717, 1.165) is 6.07 Å². The number of amides is 1. The Balaban J connectivity index is 2.35. The molecule has 1 aromatic rings. The second-order valence-corrected chi connectivity index (χ2v) is 5.22. The zero-order valence-corrected chi connectivity index (χ0v) is 13.1. The fourth-order valence-corrected chi connectivity index (χ4v) is 2.28. The van der Waals surface area contributed by atoms with E-state index < -0.39 is 16.9 Å². The maximum atomic E-state index is 11.9. The molecular formula is C15H19N3O6. The molecular weight excluding hydrogens is 318 g/mol. The van der Waals surface area contributed by atoms with Crippen molar-refractivity contribution in [2.45, 2.75) is 19.1 Å². The SMILES string of the molecule is CC1C=CC(CO)ON1c1ccc(C(=O)NCCO)cc1[N+](=O)[O-]. The van der Waals surface area contributed by atoms with E-state index in [9.17, 15) is 20.0 Å². The van der Waals surface area contributed by atoms with Crippen LogP contribution in [-0.2, 0) is 4.84 Å². The van der Waals surface area contributed by atoms with Crippen molar-refractivity contribution in [2.75, 3.05) is 24.8 Å². The van der Waals surface area contributed by atoms with Gasteiger partial charge in [0.15, 0.2) is 0 Å². The third kappa shape index (κ3) is 3.88. The van der Waals surface area contributed by atoms with Crippen molar-refractivity contribution in [1.29, 1.82) is 0 Å². The number of nitrogens with zero attached hydrogens (tertiary/aromatic N) is 2. The van der Waals surface area contributed by atoms with Gasteiger partial charge in [-0.25, -0.2) is 5.06 Å². The molecule has 130 valence electrons. The highest BCUT2D eigenvalue weighted by Gasteiger charge is 2.29. The minimum absolute atomic E-state index is 0.0592. The van der Waals surface area contributed by atoms with Crippen molar-refractivity contribution in [3.8, 4) is 0 Å². The molecule has 2 atom stereocenters. The molecule has 3 N–H and O–H groups in total. The van der Waals surface area contributed by atoms with E-state index >= 15 is 0 Å². The minimum atomic E-state index is -0.597. The summed E-state index contributed by atoms with van der Waals surface area (Å²) in [5, 5.41) is 33.1. The minimum Gasteiger partial charge on any atom is -0.395 e. The first-order valence-electron chi connectivity index (χ1n) is 7.40. The fourth-order valence-electron chi connectivity index (χ4n) is 2.28. The molecule has 9 nitrogen and oxygen atoms in total. The number of aliphatic hydroxyl groups is 2. The van der Waals surface area contributed by atoms with E-state index in [1.807, 2.05) is 0 Å². The molecule has 2 unspecified atom stereocenters. The number of nitro groups is 1. The Hall–Kier alpha value is -2.49. The molecule has 0 spiro atoms. The number of carbonyl (C=O) groups excluding carboxylic acids is 1. The predicted molar refractivity (Wildman–Crippen MR) is 85.6 cm³/mol. The third-order valence-electron chi connectivity index (χ3n) is 3.47. The molecule has 1 aromatic carbocycles. The van der Waals surface area contributed by atoms with Crippen molar-refractivity contribution in [2.24, 2.45) is 0 Å². The largest absolute Gasteiger partial charge is 0.395 e. The van der Waals surface area contributed by atoms with Crippen LogP contribution in [0.15, 0.2) is 30.4 Å². The zero-order valence-electron chi connectivity index (χ0n) is 13.1. The number of benzene rings is 1. The van der Waals surface area contributed by atoms with Crippen LogP contribution in [0, 0.1) is 10.1 Å². The maximum absolute atomic E-state index is 11.9. The Morgan fingerprint density at radius 3 is 2.79 bits per heavy atom. The van der Waals surface area contributed by atoms with Gasteiger partial charge >= 0.3 is 0 Å². The van der Waals surface area contributed by atoms with Gasteiger partial charge in [-0.05, 0) is 19.1 Å². The fraction of sp³-hybridized carbons (Fsp3) is 0.400. The van der Waals surface area contributed by atoms with Gasteiger partial charge in [0.2, 0.25) is 0 Å². The van der Waals surface area contributed by atoms with Crippen molar-refractivity contribution < 1.29 is 24.8 Å². The third-order valence-corrected chi connectivity index (χ3v) is 3.47. The summed E-state index contributed by atoms with van der Waals surface area (Å²) in [5.74, 6) is -0.514. The highest BCUT2D eigenvalue weighted by Crippen LogP contribution is 2.33. The normalized spacial score (nSPS) is 20.0. The van der Waals surface area contributed by atoms with Crippen LogP contribution in [0.1, 0.15) is 17.3 Å². The van der Waals surface area contributed by atoms with E-state index in [2.05, 4.69) is 5.32 Å². The van der Waals surface area contributed by atoms with Crippen molar-refractivity contribution >= 4 is 17.3 Å². The number of hydroxylamine groups is 1. The summed E-state index contributed by atoms with van der Waals surface area (Å²) in [6.45, 7) is 1.37. The summed E-state index contributed by atoms with van der Waals surface area (Å²) in [5.41, 5.74) is 0.0114. The summed E-state index contributed by atoms with van der Waals surface area (Å²) in [6, 6.07) is 3.75. The average molecular weight is 337 g/mol. The highest BCUT2D eigenvalue weighted by molar-refractivity contribution is 5.95.